The predicted octanol–water partition coefficient (Wildman–Crippen LogP) is 2.89. The molecule has 0 saturated carbocycles. The normalized spacial score (nSPS) is 27.0. The minimum absolute atomic E-state index is 0. The molecule has 106 valence electrons. The van der Waals surface area contributed by atoms with Crippen LogP contribution in [-0.4, -0.2) is 31.4 Å². The molecule has 0 aliphatic carbocycles. The maximum atomic E-state index is 6.02. The summed E-state index contributed by atoms with van der Waals surface area (Å²) in [7, 11) is -0.00474. The van der Waals surface area contributed by atoms with Gasteiger partial charge in [0, 0.05) is 0 Å². The van der Waals surface area contributed by atoms with Gasteiger partial charge in [-0.15, -0.1) is 12.4 Å². The molecular formula is C13H27BClNO2. The number of nitrogens with one attached hydrogen (secondary N) is 1. The summed E-state index contributed by atoms with van der Waals surface area (Å²) in [5, 5.41) is 3.41. The molecule has 0 aromatic rings. The molecule has 2 fully saturated rings. The molecule has 0 amide bonds. The lowest BCUT2D eigenvalue weighted by Crippen LogP contribution is -2.41. The second kappa shape index (κ2) is 6.12. The van der Waals surface area contributed by atoms with E-state index in [1.807, 2.05) is 0 Å². The van der Waals surface area contributed by atoms with Gasteiger partial charge < -0.3 is 14.6 Å². The zero-order valence-electron chi connectivity index (χ0n) is 12.1. The first-order chi connectivity index (χ1) is 7.91. The molecule has 2 saturated heterocycles. The summed E-state index contributed by atoms with van der Waals surface area (Å²) in [5.41, 5.74) is -0.350. The molecule has 3 nitrogen and oxygen atoms in total. The Morgan fingerprint density at radius 1 is 1.06 bits per heavy atom. The Balaban J connectivity index is 0.00000162. The van der Waals surface area contributed by atoms with Crippen molar-refractivity contribution in [1.29, 1.82) is 0 Å². The van der Waals surface area contributed by atoms with Crippen LogP contribution in [0.2, 0.25) is 6.32 Å². The van der Waals surface area contributed by atoms with Gasteiger partial charge in [0.2, 0.25) is 0 Å². The largest absolute Gasteiger partial charge is 0.457 e. The lowest BCUT2D eigenvalue weighted by Gasteiger charge is -2.32. The van der Waals surface area contributed by atoms with Crippen LogP contribution in [0.25, 0.3) is 0 Å². The van der Waals surface area contributed by atoms with E-state index >= 15 is 0 Å². The van der Waals surface area contributed by atoms with Crippen LogP contribution in [0, 0.1) is 5.92 Å². The first-order valence-electron chi connectivity index (χ1n) is 6.97. The van der Waals surface area contributed by atoms with E-state index < -0.39 is 0 Å². The molecule has 1 N–H and O–H groups in total. The summed E-state index contributed by atoms with van der Waals surface area (Å²) >= 11 is 0. The van der Waals surface area contributed by atoms with E-state index in [4.69, 9.17) is 9.31 Å². The summed E-state index contributed by atoms with van der Waals surface area (Å²) in [6, 6.07) is 0. The van der Waals surface area contributed by atoms with Crippen molar-refractivity contribution in [2.45, 2.75) is 64.5 Å². The van der Waals surface area contributed by atoms with Crippen molar-refractivity contribution in [2.24, 2.45) is 5.92 Å². The number of halogens is 1. The molecule has 0 radical (unpaired) electrons. The average molecular weight is 276 g/mol. The summed E-state index contributed by atoms with van der Waals surface area (Å²) in [6.07, 6.45) is 4.88. The van der Waals surface area contributed by atoms with E-state index in [-0.39, 0.29) is 30.7 Å². The van der Waals surface area contributed by atoms with Gasteiger partial charge in [-0.1, -0.05) is 6.42 Å². The lowest BCUT2D eigenvalue weighted by molar-refractivity contribution is 0.00578. The first kappa shape index (κ1) is 16.3. The van der Waals surface area contributed by atoms with Crippen LogP contribution in [0.5, 0.6) is 0 Å². The standard InChI is InChI=1S/C13H26BNO2.ClH/c1-12(2)13(3,4)17-14(16-12)8-5-11-6-9-15-10-7-11;/h11,15H,5-10H2,1-4H3;1H. The van der Waals surface area contributed by atoms with Gasteiger partial charge in [-0.2, -0.15) is 0 Å². The van der Waals surface area contributed by atoms with Gasteiger partial charge in [-0.25, -0.2) is 0 Å². The van der Waals surface area contributed by atoms with Crippen molar-refractivity contribution in [3.63, 3.8) is 0 Å². The number of hydrogen-bond donors (Lipinski definition) is 1. The van der Waals surface area contributed by atoms with Crippen LogP contribution in [0.4, 0.5) is 0 Å². The highest BCUT2D eigenvalue weighted by Crippen LogP contribution is 2.38. The van der Waals surface area contributed by atoms with Crippen molar-refractivity contribution in [3.05, 3.63) is 0 Å². The molecule has 5 heteroatoms. The molecule has 0 spiro atoms. The Kier molecular flexibility index (Phi) is 5.54. The van der Waals surface area contributed by atoms with Gasteiger partial charge in [0.1, 0.15) is 0 Å². The highest BCUT2D eigenvalue weighted by molar-refractivity contribution is 6.45. The van der Waals surface area contributed by atoms with Gasteiger partial charge in [0.05, 0.1) is 11.2 Å². The summed E-state index contributed by atoms with van der Waals surface area (Å²) in [5.74, 6) is 0.857. The highest BCUT2D eigenvalue weighted by atomic mass is 35.5. The zero-order valence-corrected chi connectivity index (χ0v) is 12.9. The Morgan fingerprint density at radius 2 is 1.56 bits per heavy atom. The number of hydrogen-bond acceptors (Lipinski definition) is 3. The van der Waals surface area contributed by atoms with E-state index in [2.05, 4.69) is 33.0 Å². The van der Waals surface area contributed by atoms with Crippen LogP contribution >= 0.6 is 12.4 Å². The topological polar surface area (TPSA) is 30.5 Å². The van der Waals surface area contributed by atoms with Crippen molar-refractivity contribution in [3.8, 4) is 0 Å². The summed E-state index contributed by atoms with van der Waals surface area (Å²) in [4.78, 5) is 0. The SMILES string of the molecule is CC1(C)OB(CCC2CCNCC2)OC1(C)C.Cl. The van der Waals surface area contributed by atoms with Crippen LogP contribution in [0.15, 0.2) is 0 Å². The molecule has 0 unspecified atom stereocenters. The maximum Gasteiger partial charge on any atom is 0.457 e. The van der Waals surface area contributed by atoms with E-state index in [0.29, 0.717) is 0 Å². The number of piperidine rings is 1. The van der Waals surface area contributed by atoms with Crippen molar-refractivity contribution >= 4 is 19.5 Å². The molecule has 0 bridgehead atoms. The smallest absolute Gasteiger partial charge is 0.403 e. The van der Waals surface area contributed by atoms with Crippen molar-refractivity contribution in [2.75, 3.05) is 13.1 Å². The average Bonchev–Trinajstić information content (AvgIpc) is 2.46. The summed E-state index contributed by atoms with van der Waals surface area (Å²) < 4.78 is 12.0. The van der Waals surface area contributed by atoms with Crippen molar-refractivity contribution in [1.82, 2.24) is 5.32 Å². The third kappa shape index (κ3) is 3.63. The molecule has 2 rings (SSSR count). The van der Waals surface area contributed by atoms with Crippen LogP contribution in [0.3, 0.4) is 0 Å². The fourth-order valence-electron chi connectivity index (χ4n) is 2.63. The third-order valence-electron chi connectivity index (χ3n) is 4.57. The molecule has 2 heterocycles. The Labute approximate surface area is 118 Å². The summed E-state index contributed by atoms with van der Waals surface area (Å²) in [6.45, 7) is 10.8. The van der Waals surface area contributed by atoms with E-state index in [1.165, 1.54) is 32.4 Å². The predicted molar refractivity (Wildman–Crippen MR) is 78.3 cm³/mol. The van der Waals surface area contributed by atoms with Gasteiger partial charge >= 0.3 is 7.12 Å². The Morgan fingerprint density at radius 3 is 2.06 bits per heavy atom. The third-order valence-corrected chi connectivity index (χ3v) is 4.57. The fraction of sp³-hybridized carbons (Fsp3) is 1.00. The van der Waals surface area contributed by atoms with Gasteiger partial charge in [-0.05, 0) is 65.9 Å². The minimum atomic E-state index is -0.175. The van der Waals surface area contributed by atoms with Crippen LogP contribution in [-0.2, 0) is 9.31 Å². The monoisotopic (exact) mass is 275 g/mol. The van der Waals surface area contributed by atoms with Crippen LogP contribution in [0.1, 0.15) is 47.0 Å². The highest BCUT2D eigenvalue weighted by Gasteiger charge is 2.50. The van der Waals surface area contributed by atoms with Crippen LogP contribution < -0.4 is 5.32 Å². The Hall–Kier alpha value is 0.235. The molecule has 0 aromatic carbocycles. The van der Waals surface area contributed by atoms with Crippen molar-refractivity contribution < 1.29 is 9.31 Å². The molecular weight excluding hydrogens is 248 g/mol. The number of rotatable bonds is 3. The zero-order chi connectivity index (χ0) is 12.5. The second-order valence-electron chi connectivity index (χ2n) is 6.46. The molecule has 18 heavy (non-hydrogen) atoms. The lowest BCUT2D eigenvalue weighted by atomic mass is 9.78. The minimum Gasteiger partial charge on any atom is -0.403 e. The second-order valence-corrected chi connectivity index (χ2v) is 6.46. The van der Waals surface area contributed by atoms with Gasteiger partial charge in [0.25, 0.3) is 0 Å². The molecule has 0 atom stereocenters. The van der Waals surface area contributed by atoms with E-state index in [9.17, 15) is 0 Å². The van der Waals surface area contributed by atoms with E-state index in [1.54, 1.807) is 0 Å². The molecule has 2 aliphatic rings. The molecule has 2 aliphatic heterocycles. The van der Waals surface area contributed by atoms with Gasteiger partial charge in [-0.3, -0.25) is 0 Å². The van der Waals surface area contributed by atoms with E-state index in [0.717, 1.165) is 12.2 Å². The first-order valence-corrected chi connectivity index (χ1v) is 6.97. The quantitative estimate of drug-likeness (QED) is 0.804. The Bertz CT molecular complexity index is 252. The maximum absolute atomic E-state index is 6.02. The van der Waals surface area contributed by atoms with Gasteiger partial charge in [0.15, 0.2) is 0 Å². The molecule has 0 aromatic heterocycles. The fourth-order valence-corrected chi connectivity index (χ4v) is 2.63.